The number of imidazole rings is 1. The summed E-state index contributed by atoms with van der Waals surface area (Å²) < 4.78 is 2.03. The summed E-state index contributed by atoms with van der Waals surface area (Å²) in [4.78, 5) is 17.6. The summed E-state index contributed by atoms with van der Waals surface area (Å²) in [5.41, 5.74) is 1.34. The highest BCUT2D eigenvalue weighted by molar-refractivity contribution is 7.12. The SMILES string of the molecule is Cl.O=C(O)C1CCc2cc(Cn3ccnc3)sc2C1. The van der Waals surface area contributed by atoms with Crippen LogP contribution in [0.5, 0.6) is 0 Å². The Labute approximate surface area is 121 Å². The third kappa shape index (κ3) is 2.98. The predicted molar refractivity (Wildman–Crippen MR) is 76.0 cm³/mol. The zero-order valence-electron chi connectivity index (χ0n) is 10.3. The first kappa shape index (κ1) is 14.1. The van der Waals surface area contributed by atoms with Gasteiger partial charge in [0.1, 0.15) is 0 Å². The number of hydrogen-bond acceptors (Lipinski definition) is 3. The Kier molecular flexibility index (Phi) is 4.27. The number of hydrogen-bond donors (Lipinski definition) is 1. The van der Waals surface area contributed by atoms with Gasteiger partial charge < -0.3 is 9.67 Å². The number of nitrogens with zero attached hydrogens (tertiary/aromatic N) is 2. The van der Waals surface area contributed by atoms with Crippen LogP contribution in [0.15, 0.2) is 24.8 Å². The van der Waals surface area contributed by atoms with Crippen molar-refractivity contribution in [3.8, 4) is 0 Å². The number of aryl methyl sites for hydroxylation is 1. The molecule has 0 spiro atoms. The maximum Gasteiger partial charge on any atom is 0.306 e. The monoisotopic (exact) mass is 298 g/mol. The molecule has 0 saturated heterocycles. The molecule has 4 nitrogen and oxygen atoms in total. The molecule has 0 fully saturated rings. The van der Waals surface area contributed by atoms with Crippen LogP contribution in [-0.4, -0.2) is 20.6 Å². The average molecular weight is 299 g/mol. The maximum absolute atomic E-state index is 11.0. The molecule has 2 aromatic rings. The van der Waals surface area contributed by atoms with Gasteiger partial charge in [-0.25, -0.2) is 4.98 Å². The second-order valence-corrected chi connectivity index (χ2v) is 5.90. The number of aromatic nitrogens is 2. The zero-order valence-corrected chi connectivity index (χ0v) is 11.9. The topological polar surface area (TPSA) is 55.1 Å². The van der Waals surface area contributed by atoms with E-state index in [1.54, 1.807) is 23.9 Å². The summed E-state index contributed by atoms with van der Waals surface area (Å²) in [6.45, 7) is 0.829. The van der Waals surface area contributed by atoms with Crippen molar-refractivity contribution in [2.45, 2.75) is 25.8 Å². The highest BCUT2D eigenvalue weighted by Crippen LogP contribution is 2.32. The van der Waals surface area contributed by atoms with Gasteiger partial charge in [0.25, 0.3) is 0 Å². The molecular formula is C13H15ClN2O2S. The van der Waals surface area contributed by atoms with Crippen LogP contribution in [0, 0.1) is 5.92 Å². The van der Waals surface area contributed by atoms with Crippen LogP contribution in [0.4, 0.5) is 0 Å². The van der Waals surface area contributed by atoms with Gasteiger partial charge in [0.15, 0.2) is 0 Å². The summed E-state index contributed by atoms with van der Waals surface area (Å²) in [5, 5.41) is 9.07. The van der Waals surface area contributed by atoms with Gasteiger partial charge in [0.2, 0.25) is 0 Å². The van der Waals surface area contributed by atoms with E-state index in [2.05, 4.69) is 11.1 Å². The van der Waals surface area contributed by atoms with Crippen molar-refractivity contribution in [3.63, 3.8) is 0 Å². The fourth-order valence-electron chi connectivity index (χ4n) is 2.42. The zero-order chi connectivity index (χ0) is 12.5. The minimum atomic E-state index is -0.662. The van der Waals surface area contributed by atoms with E-state index in [9.17, 15) is 4.79 Å². The van der Waals surface area contributed by atoms with Crippen LogP contribution in [0.2, 0.25) is 0 Å². The number of aliphatic carboxylic acids is 1. The molecule has 0 aliphatic heterocycles. The van der Waals surface area contributed by atoms with Gasteiger partial charge in [-0.15, -0.1) is 23.7 Å². The molecule has 1 atom stereocenters. The van der Waals surface area contributed by atoms with E-state index in [-0.39, 0.29) is 18.3 Å². The molecule has 2 heterocycles. The normalized spacial score (nSPS) is 17.6. The van der Waals surface area contributed by atoms with Crippen LogP contribution >= 0.6 is 23.7 Å². The number of thiophene rings is 1. The number of rotatable bonds is 3. The number of fused-ring (bicyclic) bond motifs is 1. The third-order valence-corrected chi connectivity index (χ3v) is 4.57. The first-order valence-corrected chi connectivity index (χ1v) is 6.83. The third-order valence-electron chi connectivity index (χ3n) is 3.39. The van der Waals surface area contributed by atoms with E-state index in [0.717, 1.165) is 19.4 Å². The van der Waals surface area contributed by atoms with Crippen LogP contribution in [0.25, 0.3) is 0 Å². The molecule has 3 rings (SSSR count). The first-order chi connectivity index (χ1) is 8.72. The van der Waals surface area contributed by atoms with Crippen molar-refractivity contribution in [2.24, 2.45) is 5.92 Å². The molecule has 0 aromatic carbocycles. The van der Waals surface area contributed by atoms with Crippen molar-refractivity contribution in [2.75, 3.05) is 0 Å². The summed E-state index contributed by atoms with van der Waals surface area (Å²) >= 11 is 1.74. The molecule has 1 aliphatic rings. The second kappa shape index (κ2) is 5.75. The Balaban J connectivity index is 0.00000133. The Bertz CT molecular complexity index is 565. The molecule has 102 valence electrons. The first-order valence-electron chi connectivity index (χ1n) is 6.01. The van der Waals surface area contributed by atoms with Crippen molar-refractivity contribution in [1.82, 2.24) is 9.55 Å². The molecule has 1 unspecified atom stereocenters. The lowest BCUT2D eigenvalue weighted by atomic mass is 9.89. The number of carbonyl (C=O) groups is 1. The van der Waals surface area contributed by atoms with Crippen LogP contribution in [0.3, 0.4) is 0 Å². The van der Waals surface area contributed by atoms with E-state index in [4.69, 9.17) is 5.11 Å². The lowest BCUT2D eigenvalue weighted by Crippen LogP contribution is -2.20. The van der Waals surface area contributed by atoms with Crippen LogP contribution in [-0.2, 0) is 24.2 Å². The lowest BCUT2D eigenvalue weighted by molar-refractivity contribution is -0.142. The molecule has 6 heteroatoms. The van der Waals surface area contributed by atoms with E-state index >= 15 is 0 Å². The summed E-state index contributed by atoms with van der Waals surface area (Å²) in [6.07, 6.45) is 7.88. The van der Waals surface area contributed by atoms with E-state index < -0.39 is 5.97 Å². The quantitative estimate of drug-likeness (QED) is 0.947. The lowest BCUT2D eigenvalue weighted by Gasteiger charge is -2.17. The number of carboxylic acids is 1. The van der Waals surface area contributed by atoms with Gasteiger partial charge in [-0.1, -0.05) is 0 Å². The van der Waals surface area contributed by atoms with Gasteiger partial charge in [0.05, 0.1) is 18.8 Å². The fourth-order valence-corrected chi connectivity index (χ4v) is 3.72. The average Bonchev–Trinajstić information content (AvgIpc) is 2.96. The molecule has 0 bridgehead atoms. The van der Waals surface area contributed by atoms with Crippen LogP contribution in [0.1, 0.15) is 21.7 Å². The standard InChI is InChI=1S/C13H14N2O2S.ClH/c16-13(17)10-2-1-9-5-11(18-12(9)6-10)7-15-4-3-14-8-15;/h3-5,8,10H,1-2,6-7H2,(H,16,17);1H. The molecule has 1 aliphatic carbocycles. The summed E-state index contributed by atoms with van der Waals surface area (Å²) in [5.74, 6) is -0.859. The number of carboxylic acid groups (broad SMARTS) is 1. The predicted octanol–water partition coefficient (Wildman–Crippen LogP) is 2.60. The number of halogens is 1. The van der Waals surface area contributed by atoms with Crippen molar-refractivity contribution in [3.05, 3.63) is 40.1 Å². The Morgan fingerprint density at radius 1 is 1.58 bits per heavy atom. The molecule has 0 amide bonds. The van der Waals surface area contributed by atoms with Crippen molar-refractivity contribution < 1.29 is 9.90 Å². The molecule has 0 radical (unpaired) electrons. The minimum Gasteiger partial charge on any atom is -0.481 e. The van der Waals surface area contributed by atoms with E-state index in [1.165, 1.54) is 15.3 Å². The van der Waals surface area contributed by atoms with Crippen molar-refractivity contribution in [1.29, 1.82) is 0 Å². The molecule has 19 heavy (non-hydrogen) atoms. The van der Waals surface area contributed by atoms with Gasteiger partial charge in [0, 0.05) is 22.1 Å². The minimum absolute atomic E-state index is 0. The summed E-state index contributed by atoms with van der Waals surface area (Å²) in [7, 11) is 0. The molecule has 1 N–H and O–H groups in total. The molecular weight excluding hydrogens is 284 g/mol. The smallest absolute Gasteiger partial charge is 0.306 e. The Morgan fingerprint density at radius 2 is 2.42 bits per heavy atom. The van der Waals surface area contributed by atoms with E-state index in [1.807, 2.05) is 10.8 Å². The molecule has 0 saturated carbocycles. The van der Waals surface area contributed by atoms with Gasteiger partial charge >= 0.3 is 5.97 Å². The molecule has 2 aromatic heterocycles. The van der Waals surface area contributed by atoms with Gasteiger partial charge in [-0.3, -0.25) is 4.79 Å². The maximum atomic E-state index is 11.0. The summed E-state index contributed by atoms with van der Waals surface area (Å²) in [6, 6.07) is 2.22. The van der Waals surface area contributed by atoms with Gasteiger partial charge in [-0.2, -0.15) is 0 Å². The van der Waals surface area contributed by atoms with Crippen molar-refractivity contribution >= 4 is 29.7 Å². The largest absolute Gasteiger partial charge is 0.481 e. The Morgan fingerprint density at radius 3 is 3.11 bits per heavy atom. The van der Waals surface area contributed by atoms with E-state index in [0.29, 0.717) is 6.42 Å². The van der Waals surface area contributed by atoms with Gasteiger partial charge in [-0.05, 0) is 30.9 Å². The van der Waals surface area contributed by atoms with Crippen LogP contribution < -0.4 is 0 Å². The highest BCUT2D eigenvalue weighted by atomic mass is 35.5. The second-order valence-electron chi connectivity index (χ2n) is 4.67. The Hall–Kier alpha value is -1.33. The fraction of sp³-hybridized carbons (Fsp3) is 0.385. The highest BCUT2D eigenvalue weighted by Gasteiger charge is 2.25.